The van der Waals surface area contributed by atoms with Crippen molar-refractivity contribution in [1.82, 2.24) is 5.32 Å². The van der Waals surface area contributed by atoms with E-state index in [0.29, 0.717) is 11.3 Å². The van der Waals surface area contributed by atoms with Gasteiger partial charge < -0.3 is 5.32 Å². The van der Waals surface area contributed by atoms with Crippen LogP contribution in [0.3, 0.4) is 0 Å². The van der Waals surface area contributed by atoms with Crippen LogP contribution in [0, 0.1) is 24.1 Å². The minimum Gasteiger partial charge on any atom is -0.310 e. The molecule has 1 aromatic carbocycles. The van der Waals surface area contributed by atoms with Crippen molar-refractivity contribution < 1.29 is 4.39 Å². The second kappa shape index (κ2) is 5.62. The summed E-state index contributed by atoms with van der Waals surface area (Å²) in [4.78, 5) is 0. The largest absolute Gasteiger partial charge is 0.310 e. The zero-order valence-corrected chi connectivity index (χ0v) is 12.6. The van der Waals surface area contributed by atoms with Crippen molar-refractivity contribution in [2.45, 2.75) is 53.0 Å². The monoisotopic (exact) mass is 263 g/mol. The number of benzene rings is 1. The maximum Gasteiger partial charge on any atom is 0.128 e. The van der Waals surface area contributed by atoms with E-state index in [4.69, 9.17) is 0 Å². The summed E-state index contributed by atoms with van der Waals surface area (Å²) in [5.41, 5.74) is 2.28. The molecule has 1 aromatic rings. The fraction of sp³-hybridized carbons (Fsp3) is 0.647. The normalized spacial score (nSPS) is 23.5. The Morgan fingerprint density at radius 1 is 1.42 bits per heavy atom. The molecule has 0 aromatic heterocycles. The number of aryl methyl sites for hydroxylation is 1. The van der Waals surface area contributed by atoms with Crippen LogP contribution in [-0.2, 0) is 0 Å². The zero-order chi connectivity index (χ0) is 14.0. The van der Waals surface area contributed by atoms with Crippen LogP contribution in [0.1, 0.15) is 57.2 Å². The third-order valence-corrected chi connectivity index (χ3v) is 4.65. The Labute approximate surface area is 116 Å². The highest BCUT2D eigenvalue weighted by molar-refractivity contribution is 5.28. The highest BCUT2D eigenvalue weighted by Crippen LogP contribution is 2.49. The molecule has 2 rings (SSSR count). The van der Waals surface area contributed by atoms with Gasteiger partial charge in [0.1, 0.15) is 5.82 Å². The van der Waals surface area contributed by atoms with E-state index in [9.17, 15) is 4.39 Å². The molecule has 2 unspecified atom stereocenters. The quantitative estimate of drug-likeness (QED) is 0.836. The zero-order valence-electron chi connectivity index (χ0n) is 12.6. The molecular weight excluding hydrogens is 237 g/mol. The molecule has 0 radical (unpaired) electrons. The van der Waals surface area contributed by atoms with Crippen LogP contribution in [0.4, 0.5) is 4.39 Å². The second-order valence-corrected chi connectivity index (χ2v) is 6.55. The molecule has 0 saturated heterocycles. The lowest BCUT2D eigenvalue weighted by Crippen LogP contribution is -2.34. The van der Waals surface area contributed by atoms with E-state index in [-0.39, 0.29) is 11.9 Å². The predicted molar refractivity (Wildman–Crippen MR) is 78.7 cm³/mol. The lowest BCUT2D eigenvalue weighted by atomic mass is 9.75. The highest BCUT2D eigenvalue weighted by atomic mass is 19.1. The Kier molecular flexibility index (Phi) is 4.29. The Morgan fingerprint density at radius 2 is 2.16 bits per heavy atom. The predicted octanol–water partition coefficient (Wildman–Crippen LogP) is 4.61. The molecule has 0 aliphatic heterocycles. The van der Waals surface area contributed by atoms with Gasteiger partial charge in [-0.2, -0.15) is 0 Å². The molecule has 1 aliphatic rings. The minimum absolute atomic E-state index is 0.0701. The van der Waals surface area contributed by atoms with Crippen molar-refractivity contribution in [2.75, 3.05) is 6.54 Å². The Morgan fingerprint density at radius 3 is 2.74 bits per heavy atom. The van der Waals surface area contributed by atoms with Crippen LogP contribution in [0.2, 0.25) is 0 Å². The van der Waals surface area contributed by atoms with E-state index in [0.717, 1.165) is 17.7 Å². The maximum absolute atomic E-state index is 14.2. The van der Waals surface area contributed by atoms with Crippen LogP contribution in [-0.4, -0.2) is 6.54 Å². The maximum atomic E-state index is 14.2. The van der Waals surface area contributed by atoms with Gasteiger partial charge in [-0.05, 0) is 43.7 Å². The number of halogens is 1. The first kappa shape index (κ1) is 14.5. The SMILES string of the molecule is CCNC(c1cc(C)ccc1F)C1CCCC1(C)C. The van der Waals surface area contributed by atoms with Gasteiger partial charge >= 0.3 is 0 Å². The Bertz CT molecular complexity index is 439. The van der Waals surface area contributed by atoms with Gasteiger partial charge in [0, 0.05) is 11.6 Å². The van der Waals surface area contributed by atoms with E-state index >= 15 is 0 Å². The summed E-state index contributed by atoms with van der Waals surface area (Å²) in [6.07, 6.45) is 3.69. The van der Waals surface area contributed by atoms with E-state index in [2.05, 4.69) is 26.1 Å². The molecule has 0 heterocycles. The standard InChI is InChI=1S/C17H26FN/c1-5-19-16(14-7-6-10-17(14,3)4)13-11-12(2)8-9-15(13)18/h8-9,11,14,16,19H,5-7,10H2,1-4H3. The molecule has 1 fully saturated rings. The van der Waals surface area contributed by atoms with Gasteiger partial charge in [0.25, 0.3) is 0 Å². The van der Waals surface area contributed by atoms with E-state index < -0.39 is 0 Å². The third kappa shape index (κ3) is 3.00. The lowest BCUT2D eigenvalue weighted by molar-refractivity contribution is 0.196. The van der Waals surface area contributed by atoms with Gasteiger partial charge in [0.2, 0.25) is 0 Å². The summed E-state index contributed by atoms with van der Waals surface area (Å²) < 4.78 is 14.2. The van der Waals surface area contributed by atoms with Gasteiger partial charge in [0.05, 0.1) is 0 Å². The fourth-order valence-electron chi connectivity index (χ4n) is 3.56. The summed E-state index contributed by atoms with van der Waals surface area (Å²) in [6.45, 7) is 9.66. The molecule has 106 valence electrons. The average molecular weight is 263 g/mol. The smallest absolute Gasteiger partial charge is 0.128 e. The molecule has 0 spiro atoms. The second-order valence-electron chi connectivity index (χ2n) is 6.55. The summed E-state index contributed by atoms with van der Waals surface area (Å²) in [6, 6.07) is 5.61. The minimum atomic E-state index is -0.0701. The number of nitrogens with one attached hydrogen (secondary N) is 1. The molecule has 19 heavy (non-hydrogen) atoms. The molecule has 1 aliphatic carbocycles. The van der Waals surface area contributed by atoms with Gasteiger partial charge in [-0.1, -0.05) is 44.9 Å². The van der Waals surface area contributed by atoms with Crippen molar-refractivity contribution >= 4 is 0 Å². The average Bonchev–Trinajstić information content (AvgIpc) is 2.69. The lowest BCUT2D eigenvalue weighted by Gasteiger charge is -2.35. The molecule has 1 nitrogen and oxygen atoms in total. The number of hydrogen-bond donors (Lipinski definition) is 1. The van der Waals surface area contributed by atoms with E-state index in [1.165, 1.54) is 19.3 Å². The van der Waals surface area contributed by atoms with Gasteiger partial charge in [0.15, 0.2) is 0 Å². The van der Waals surface area contributed by atoms with Crippen molar-refractivity contribution in [1.29, 1.82) is 0 Å². The van der Waals surface area contributed by atoms with Crippen molar-refractivity contribution in [2.24, 2.45) is 11.3 Å². The first-order valence-corrected chi connectivity index (χ1v) is 7.45. The van der Waals surface area contributed by atoms with Crippen LogP contribution in [0.25, 0.3) is 0 Å². The van der Waals surface area contributed by atoms with Crippen molar-refractivity contribution in [3.05, 3.63) is 35.1 Å². The first-order valence-electron chi connectivity index (χ1n) is 7.45. The van der Waals surface area contributed by atoms with Gasteiger partial charge in [-0.15, -0.1) is 0 Å². The first-order chi connectivity index (χ1) is 8.95. The molecule has 0 bridgehead atoms. The van der Waals surface area contributed by atoms with Crippen LogP contribution in [0.15, 0.2) is 18.2 Å². The Balaban J connectivity index is 2.37. The topological polar surface area (TPSA) is 12.0 Å². The molecule has 0 amide bonds. The fourth-order valence-corrected chi connectivity index (χ4v) is 3.56. The number of hydrogen-bond acceptors (Lipinski definition) is 1. The molecule has 2 heteroatoms. The number of rotatable bonds is 4. The Hall–Kier alpha value is -0.890. The van der Waals surface area contributed by atoms with Gasteiger partial charge in [-0.3, -0.25) is 0 Å². The molecular formula is C17H26FN. The van der Waals surface area contributed by atoms with E-state index in [1.807, 2.05) is 19.1 Å². The summed E-state index contributed by atoms with van der Waals surface area (Å²) in [7, 11) is 0. The van der Waals surface area contributed by atoms with Crippen LogP contribution >= 0.6 is 0 Å². The summed E-state index contributed by atoms with van der Waals surface area (Å²) in [5, 5.41) is 3.52. The summed E-state index contributed by atoms with van der Waals surface area (Å²) in [5.74, 6) is 0.447. The third-order valence-electron chi connectivity index (χ3n) is 4.65. The van der Waals surface area contributed by atoms with E-state index in [1.54, 1.807) is 6.07 Å². The molecule has 1 N–H and O–H groups in total. The highest BCUT2D eigenvalue weighted by Gasteiger charge is 2.40. The summed E-state index contributed by atoms with van der Waals surface area (Å²) >= 11 is 0. The van der Waals surface area contributed by atoms with Crippen molar-refractivity contribution in [3.63, 3.8) is 0 Å². The molecule has 1 saturated carbocycles. The van der Waals surface area contributed by atoms with Gasteiger partial charge in [-0.25, -0.2) is 4.39 Å². The van der Waals surface area contributed by atoms with Crippen LogP contribution < -0.4 is 5.32 Å². The van der Waals surface area contributed by atoms with Crippen molar-refractivity contribution in [3.8, 4) is 0 Å². The van der Waals surface area contributed by atoms with Crippen LogP contribution in [0.5, 0.6) is 0 Å². The molecule has 2 atom stereocenters.